The molecule has 0 amide bonds. The van der Waals surface area contributed by atoms with Crippen LogP contribution in [-0.2, 0) is 6.54 Å². The molecule has 0 aromatic heterocycles. The van der Waals surface area contributed by atoms with Crippen LogP contribution in [0.1, 0.15) is 12.5 Å². The Morgan fingerprint density at radius 1 is 1.21 bits per heavy atom. The first-order chi connectivity index (χ1) is 9.10. The molecule has 0 spiro atoms. The fourth-order valence-electron chi connectivity index (χ4n) is 1.97. The second-order valence-electron chi connectivity index (χ2n) is 4.35. The lowest BCUT2D eigenvalue weighted by Crippen LogP contribution is -2.22. The topological polar surface area (TPSA) is 29.3 Å². The summed E-state index contributed by atoms with van der Waals surface area (Å²) in [6.45, 7) is 3.56. The van der Waals surface area contributed by atoms with E-state index in [1.54, 1.807) is 12.1 Å². The minimum absolute atomic E-state index is 0.216. The molecule has 0 fully saturated rings. The summed E-state index contributed by atoms with van der Waals surface area (Å²) >= 11 is 3.38. The molecule has 4 heteroatoms. The van der Waals surface area contributed by atoms with Crippen molar-refractivity contribution in [2.24, 2.45) is 0 Å². The van der Waals surface area contributed by atoms with Crippen LogP contribution in [0.2, 0.25) is 0 Å². The molecule has 2 aromatic carbocycles. The zero-order valence-electron chi connectivity index (χ0n) is 10.7. The van der Waals surface area contributed by atoms with Crippen molar-refractivity contribution in [3.8, 4) is 0 Å². The van der Waals surface area contributed by atoms with Crippen LogP contribution in [0.5, 0.6) is 0 Å². The van der Waals surface area contributed by atoms with Crippen molar-refractivity contribution in [2.75, 3.05) is 17.2 Å². The van der Waals surface area contributed by atoms with E-state index < -0.39 is 0 Å². The SMILES string of the molecule is CCN(Cc1ccc(Br)c(N)c1)c1cccc(F)c1. The fourth-order valence-corrected chi connectivity index (χ4v) is 2.22. The fraction of sp³-hybridized carbons (Fsp3) is 0.200. The first kappa shape index (κ1) is 13.9. The van der Waals surface area contributed by atoms with Gasteiger partial charge in [-0.05, 0) is 58.7 Å². The third kappa shape index (κ3) is 3.47. The average Bonchev–Trinajstić information content (AvgIpc) is 2.40. The number of nitrogens with zero attached hydrogens (tertiary/aromatic N) is 1. The Morgan fingerprint density at radius 3 is 2.63 bits per heavy atom. The predicted octanol–water partition coefficient (Wildman–Crippen LogP) is 4.20. The highest BCUT2D eigenvalue weighted by Crippen LogP contribution is 2.23. The van der Waals surface area contributed by atoms with Gasteiger partial charge in [0.05, 0.1) is 0 Å². The molecule has 2 N–H and O–H groups in total. The first-order valence-electron chi connectivity index (χ1n) is 6.14. The second-order valence-corrected chi connectivity index (χ2v) is 5.20. The van der Waals surface area contributed by atoms with E-state index in [1.165, 1.54) is 6.07 Å². The molecule has 0 heterocycles. The highest BCUT2D eigenvalue weighted by Gasteiger charge is 2.07. The Hall–Kier alpha value is -1.55. The monoisotopic (exact) mass is 322 g/mol. The molecular weight excluding hydrogens is 307 g/mol. The van der Waals surface area contributed by atoms with Gasteiger partial charge in [-0.15, -0.1) is 0 Å². The molecule has 0 saturated carbocycles. The summed E-state index contributed by atoms with van der Waals surface area (Å²) in [5, 5.41) is 0. The van der Waals surface area contributed by atoms with Crippen LogP contribution in [0.15, 0.2) is 46.9 Å². The molecule has 0 bridgehead atoms. The van der Waals surface area contributed by atoms with Gasteiger partial charge in [0, 0.05) is 28.9 Å². The number of hydrogen-bond donors (Lipinski definition) is 1. The third-order valence-electron chi connectivity index (χ3n) is 2.99. The Morgan fingerprint density at radius 2 is 2.00 bits per heavy atom. The summed E-state index contributed by atoms with van der Waals surface area (Å²) in [4.78, 5) is 2.10. The van der Waals surface area contributed by atoms with Crippen LogP contribution in [0.25, 0.3) is 0 Å². The molecule has 0 aliphatic carbocycles. The number of benzene rings is 2. The van der Waals surface area contributed by atoms with E-state index in [1.807, 2.05) is 31.2 Å². The number of halogens is 2. The molecule has 0 aliphatic rings. The lowest BCUT2D eigenvalue weighted by Gasteiger charge is -2.23. The van der Waals surface area contributed by atoms with E-state index in [4.69, 9.17) is 5.73 Å². The van der Waals surface area contributed by atoms with Crippen molar-refractivity contribution in [3.63, 3.8) is 0 Å². The number of rotatable bonds is 4. The van der Waals surface area contributed by atoms with E-state index in [-0.39, 0.29) is 5.82 Å². The van der Waals surface area contributed by atoms with Crippen molar-refractivity contribution < 1.29 is 4.39 Å². The van der Waals surface area contributed by atoms with E-state index in [0.29, 0.717) is 12.2 Å². The van der Waals surface area contributed by atoms with Crippen molar-refractivity contribution in [3.05, 3.63) is 58.3 Å². The average molecular weight is 323 g/mol. The van der Waals surface area contributed by atoms with Crippen LogP contribution < -0.4 is 10.6 Å². The molecule has 2 aromatic rings. The van der Waals surface area contributed by atoms with Crippen LogP contribution in [-0.4, -0.2) is 6.54 Å². The summed E-state index contributed by atoms with van der Waals surface area (Å²) in [5.74, 6) is -0.216. The molecule has 0 atom stereocenters. The van der Waals surface area contributed by atoms with Gasteiger partial charge in [-0.3, -0.25) is 0 Å². The number of anilines is 2. The summed E-state index contributed by atoms with van der Waals surface area (Å²) in [6, 6.07) is 12.5. The van der Waals surface area contributed by atoms with Crippen molar-refractivity contribution in [2.45, 2.75) is 13.5 Å². The molecule has 0 aliphatic heterocycles. The molecule has 2 nitrogen and oxygen atoms in total. The zero-order chi connectivity index (χ0) is 13.8. The van der Waals surface area contributed by atoms with Gasteiger partial charge < -0.3 is 10.6 Å². The van der Waals surface area contributed by atoms with Gasteiger partial charge in [-0.1, -0.05) is 12.1 Å². The normalized spacial score (nSPS) is 10.5. The van der Waals surface area contributed by atoms with Gasteiger partial charge in [0.1, 0.15) is 5.82 Å². The van der Waals surface area contributed by atoms with Gasteiger partial charge in [-0.2, -0.15) is 0 Å². The Balaban J connectivity index is 2.21. The molecule has 0 unspecified atom stereocenters. The first-order valence-corrected chi connectivity index (χ1v) is 6.94. The van der Waals surface area contributed by atoms with Gasteiger partial charge in [0.25, 0.3) is 0 Å². The lowest BCUT2D eigenvalue weighted by molar-refractivity contribution is 0.626. The molecule has 100 valence electrons. The molecule has 0 radical (unpaired) electrons. The molecule has 0 saturated heterocycles. The Labute approximate surface area is 121 Å². The maximum Gasteiger partial charge on any atom is 0.125 e. The summed E-state index contributed by atoms with van der Waals surface area (Å²) in [6.07, 6.45) is 0. The quantitative estimate of drug-likeness (QED) is 0.855. The predicted molar refractivity (Wildman–Crippen MR) is 81.7 cm³/mol. The van der Waals surface area contributed by atoms with Gasteiger partial charge >= 0.3 is 0 Å². The Bertz CT molecular complexity index is 572. The number of nitrogens with two attached hydrogens (primary N) is 1. The van der Waals surface area contributed by atoms with Crippen LogP contribution in [0.3, 0.4) is 0 Å². The van der Waals surface area contributed by atoms with Crippen LogP contribution >= 0.6 is 15.9 Å². The minimum atomic E-state index is -0.216. The third-order valence-corrected chi connectivity index (χ3v) is 3.71. The van der Waals surface area contributed by atoms with Crippen molar-refractivity contribution in [1.29, 1.82) is 0 Å². The largest absolute Gasteiger partial charge is 0.398 e. The van der Waals surface area contributed by atoms with E-state index >= 15 is 0 Å². The lowest BCUT2D eigenvalue weighted by atomic mass is 10.1. The standard InChI is InChI=1S/C15H16BrFN2/c1-2-19(13-5-3-4-12(17)9-13)10-11-6-7-14(16)15(18)8-11/h3-9H,2,10,18H2,1H3. The van der Waals surface area contributed by atoms with Crippen LogP contribution in [0.4, 0.5) is 15.8 Å². The van der Waals surface area contributed by atoms with Crippen molar-refractivity contribution >= 4 is 27.3 Å². The maximum absolute atomic E-state index is 13.3. The van der Waals surface area contributed by atoms with Crippen molar-refractivity contribution in [1.82, 2.24) is 0 Å². The molecular formula is C15H16BrFN2. The molecule has 19 heavy (non-hydrogen) atoms. The van der Waals surface area contributed by atoms with E-state index in [2.05, 4.69) is 20.8 Å². The summed E-state index contributed by atoms with van der Waals surface area (Å²) in [7, 11) is 0. The summed E-state index contributed by atoms with van der Waals surface area (Å²) < 4.78 is 14.2. The van der Waals surface area contributed by atoms with Gasteiger partial charge in [-0.25, -0.2) is 4.39 Å². The number of hydrogen-bond acceptors (Lipinski definition) is 2. The van der Waals surface area contributed by atoms with E-state index in [9.17, 15) is 4.39 Å². The highest BCUT2D eigenvalue weighted by molar-refractivity contribution is 9.10. The van der Waals surface area contributed by atoms with Gasteiger partial charge in [0.15, 0.2) is 0 Å². The second kappa shape index (κ2) is 6.06. The summed E-state index contributed by atoms with van der Waals surface area (Å²) in [5.41, 5.74) is 8.57. The minimum Gasteiger partial charge on any atom is -0.398 e. The zero-order valence-corrected chi connectivity index (χ0v) is 12.3. The van der Waals surface area contributed by atoms with Crippen LogP contribution in [0, 0.1) is 5.82 Å². The molecule has 2 rings (SSSR count). The number of nitrogen functional groups attached to an aromatic ring is 1. The van der Waals surface area contributed by atoms with E-state index in [0.717, 1.165) is 22.3 Å². The smallest absolute Gasteiger partial charge is 0.125 e. The Kier molecular flexibility index (Phi) is 4.43. The highest BCUT2D eigenvalue weighted by atomic mass is 79.9. The maximum atomic E-state index is 13.3. The van der Waals surface area contributed by atoms with Gasteiger partial charge in [0.2, 0.25) is 0 Å².